The number of aliphatic hydroxyl groups is 2. The Balaban J connectivity index is 1.30. The van der Waals surface area contributed by atoms with Crippen LogP contribution < -0.4 is 10.6 Å². The minimum Gasteiger partial charge on any atom is -0.394 e. The van der Waals surface area contributed by atoms with E-state index in [1.165, 1.54) is 11.1 Å². The Hall–Kier alpha value is -2.94. The number of ether oxygens (including phenoxy) is 1. The number of carbonyl (C=O) groups is 1. The van der Waals surface area contributed by atoms with E-state index in [9.17, 15) is 15.0 Å². The monoisotopic (exact) mass is 478 g/mol. The lowest BCUT2D eigenvalue weighted by Gasteiger charge is -2.42. The summed E-state index contributed by atoms with van der Waals surface area (Å²) in [6.45, 7) is 8.86. The highest BCUT2D eigenvalue weighted by molar-refractivity contribution is 6.00. The lowest BCUT2D eigenvalue weighted by Crippen LogP contribution is -2.34. The van der Waals surface area contributed by atoms with Crippen molar-refractivity contribution < 1.29 is 19.7 Å². The molecular formula is C27H34N4O4. The van der Waals surface area contributed by atoms with Gasteiger partial charge in [-0.15, -0.1) is 0 Å². The molecule has 186 valence electrons. The molecule has 0 radical (unpaired) electrons. The Kier molecular flexibility index (Phi) is 5.86. The Bertz CT molecular complexity index is 1270. The van der Waals surface area contributed by atoms with Gasteiger partial charge in [-0.3, -0.25) is 0 Å². The minimum atomic E-state index is -0.723. The van der Waals surface area contributed by atoms with Crippen LogP contribution in [0.1, 0.15) is 70.0 Å². The van der Waals surface area contributed by atoms with Crippen molar-refractivity contribution in [1.29, 1.82) is 0 Å². The van der Waals surface area contributed by atoms with E-state index in [1.807, 2.05) is 18.2 Å². The molecule has 0 bridgehead atoms. The van der Waals surface area contributed by atoms with Crippen LogP contribution in [-0.4, -0.2) is 45.0 Å². The van der Waals surface area contributed by atoms with E-state index >= 15 is 0 Å². The largest absolute Gasteiger partial charge is 0.394 e. The highest BCUT2D eigenvalue weighted by Crippen LogP contribution is 2.46. The molecule has 1 aliphatic heterocycles. The van der Waals surface area contributed by atoms with E-state index in [4.69, 9.17) is 4.74 Å². The molecule has 3 atom stereocenters. The average molecular weight is 479 g/mol. The van der Waals surface area contributed by atoms with Gasteiger partial charge in [0.25, 0.3) is 0 Å². The van der Waals surface area contributed by atoms with Crippen molar-refractivity contribution >= 4 is 28.4 Å². The second kappa shape index (κ2) is 8.62. The van der Waals surface area contributed by atoms with Gasteiger partial charge in [-0.25, -0.2) is 9.78 Å². The molecule has 1 saturated heterocycles. The number of hydrogen-bond donors (Lipinski definition) is 5. The Morgan fingerprint density at radius 2 is 1.71 bits per heavy atom. The summed E-state index contributed by atoms with van der Waals surface area (Å²) in [4.78, 5) is 20.5. The summed E-state index contributed by atoms with van der Waals surface area (Å²) in [5.74, 6) is 0.594. The van der Waals surface area contributed by atoms with Crippen LogP contribution >= 0.6 is 0 Å². The molecule has 8 heteroatoms. The van der Waals surface area contributed by atoms with Crippen molar-refractivity contribution in [2.75, 3.05) is 17.2 Å². The number of nitrogens with one attached hydrogen (secondary N) is 3. The zero-order valence-corrected chi connectivity index (χ0v) is 20.7. The number of nitrogens with zero attached hydrogens (tertiary/aromatic N) is 1. The number of fused-ring (bicyclic) bond motifs is 2. The molecule has 0 unspecified atom stereocenters. The standard InChI is InChI=1S/C27H34N4O4/c1-26(2)9-10-27(3,4)18-11-15(5-7-17(18)26)28-25(34)29-16-6-8-19-20(12-16)31-24(30-19)22-13-21(33)23(14-32)35-22/h5-8,11-12,21-23,32-33H,9-10,13-14H2,1-4H3,(H,30,31)(H2,28,29,34)/t21-,22+,23+/m0/s1. The predicted molar refractivity (Wildman–Crippen MR) is 136 cm³/mol. The fourth-order valence-corrected chi connectivity index (χ4v) is 5.29. The number of carbonyl (C=O) groups excluding carboxylic acids is 1. The molecule has 2 heterocycles. The Morgan fingerprint density at radius 3 is 2.40 bits per heavy atom. The third-order valence-corrected chi connectivity index (χ3v) is 7.58. The van der Waals surface area contributed by atoms with Gasteiger partial charge in [0.15, 0.2) is 0 Å². The smallest absolute Gasteiger partial charge is 0.323 e. The van der Waals surface area contributed by atoms with E-state index in [-0.39, 0.29) is 23.5 Å². The van der Waals surface area contributed by atoms with Crippen molar-refractivity contribution in [3.05, 3.63) is 53.3 Å². The first-order valence-corrected chi connectivity index (χ1v) is 12.2. The number of rotatable bonds is 4. The van der Waals surface area contributed by atoms with Gasteiger partial charge in [-0.05, 0) is 65.1 Å². The lowest BCUT2D eigenvalue weighted by molar-refractivity contribution is -0.0244. The van der Waals surface area contributed by atoms with E-state index in [2.05, 4.69) is 60.4 Å². The van der Waals surface area contributed by atoms with E-state index < -0.39 is 18.3 Å². The highest BCUT2D eigenvalue weighted by atomic mass is 16.5. The van der Waals surface area contributed by atoms with Crippen LogP contribution in [0.5, 0.6) is 0 Å². The first kappa shape index (κ1) is 23.8. The van der Waals surface area contributed by atoms with Gasteiger partial charge in [0.05, 0.1) is 23.7 Å². The number of benzene rings is 2. The molecule has 3 aromatic rings. The van der Waals surface area contributed by atoms with E-state index in [0.29, 0.717) is 17.9 Å². The number of imidazole rings is 1. The van der Waals surface area contributed by atoms with Crippen molar-refractivity contribution in [3.8, 4) is 0 Å². The molecule has 1 fully saturated rings. The maximum atomic E-state index is 12.8. The number of amides is 2. The van der Waals surface area contributed by atoms with Crippen LogP contribution in [0.15, 0.2) is 36.4 Å². The number of aromatic amines is 1. The fourth-order valence-electron chi connectivity index (χ4n) is 5.29. The maximum absolute atomic E-state index is 12.8. The third kappa shape index (κ3) is 4.53. The second-order valence-electron chi connectivity index (χ2n) is 11.1. The van der Waals surface area contributed by atoms with E-state index in [1.54, 1.807) is 6.07 Å². The zero-order chi connectivity index (χ0) is 25.0. The topological polar surface area (TPSA) is 120 Å². The summed E-state index contributed by atoms with van der Waals surface area (Å²) in [5, 5.41) is 25.2. The van der Waals surface area contributed by atoms with Gasteiger partial charge in [0, 0.05) is 17.8 Å². The van der Waals surface area contributed by atoms with Crippen LogP contribution in [0, 0.1) is 0 Å². The van der Waals surface area contributed by atoms with Gasteiger partial charge in [0.1, 0.15) is 18.0 Å². The van der Waals surface area contributed by atoms with Crippen LogP contribution in [0.25, 0.3) is 11.0 Å². The third-order valence-electron chi connectivity index (χ3n) is 7.58. The molecule has 0 spiro atoms. The summed E-state index contributed by atoms with van der Waals surface area (Å²) >= 11 is 0. The van der Waals surface area contributed by atoms with Crippen molar-refractivity contribution in [3.63, 3.8) is 0 Å². The second-order valence-corrected chi connectivity index (χ2v) is 11.1. The van der Waals surface area contributed by atoms with Gasteiger partial charge in [-0.2, -0.15) is 0 Å². The molecule has 5 N–H and O–H groups in total. The van der Waals surface area contributed by atoms with Crippen molar-refractivity contribution in [2.24, 2.45) is 0 Å². The molecule has 5 rings (SSSR count). The number of H-pyrrole nitrogens is 1. The number of urea groups is 1. The average Bonchev–Trinajstić information content (AvgIpc) is 3.39. The van der Waals surface area contributed by atoms with Crippen LogP contribution in [0.4, 0.5) is 16.2 Å². The van der Waals surface area contributed by atoms with Crippen LogP contribution in [0.2, 0.25) is 0 Å². The summed E-state index contributed by atoms with van der Waals surface area (Å²) in [6, 6.07) is 11.4. The summed E-state index contributed by atoms with van der Waals surface area (Å²) < 4.78 is 5.69. The first-order valence-electron chi connectivity index (χ1n) is 12.2. The number of aromatic nitrogens is 2. The first-order chi connectivity index (χ1) is 16.6. The predicted octanol–water partition coefficient (Wildman–Crippen LogP) is 4.74. The quantitative estimate of drug-likeness (QED) is 0.371. The summed E-state index contributed by atoms with van der Waals surface area (Å²) in [5.41, 5.74) is 5.73. The van der Waals surface area contributed by atoms with Crippen molar-refractivity contribution in [2.45, 2.75) is 76.1 Å². The molecule has 2 aromatic carbocycles. The lowest BCUT2D eigenvalue weighted by atomic mass is 9.63. The molecule has 2 aliphatic rings. The highest BCUT2D eigenvalue weighted by Gasteiger charge is 2.37. The SMILES string of the molecule is CC1(C)CCC(C)(C)c2cc(NC(=O)Nc3ccc4nc([C@H]5C[C@H](O)[C@@H](CO)O5)[nH]c4c3)ccc21. The molecular weight excluding hydrogens is 444 g/mol. The molecule has 1 aromatic heterocycles. The van der Waals surface area contributed by atoms with Crippen molar-refractivity contribution in [1.82, 2.24) is 9.97 Å². The molecule has 2 amide bonds. The molecule has 0 saturated carbocycles. The van der Waals surface area contributed by atoms with Gasteiger partial charge in [-0.1, -0.05) is 33.8 Å². The molecule has 35 heavy (non-hydrogen) atoms. The number of aliphatic hydroxyl groups excluding tert-OH is 2. The normalized spacial score (nSPS) is 24.8. The molecule has 8 nitrogen and oxygen atoms in total. The van der Waals surface area contributed by atoms with Gasteiger partial charge >= 0.3 is 6.03 Å². The van der Waals surface area contributed by atoms with Crippen LogP contribution in [-0.2, 0) is 15.6 Å². The Labute approximate surface area is 205 Å². The fraction of sp³-hybridized carbons (Fsp3) is 0.481. The van der Waals surface area contributed by atoms with E-state index in [0.717, 1.165) is 29.6 Å². The Morgan fingerprint density at radius 1 is 1.06 bits per heavy atom. The van der Waals surface area contributed by atoms with Gasteiger partial charge in [0.2, 0.25) is 0 Å². The summed E-state index contributed by atoms with van der Waals surface area (Å²) in [6.07, 6.45) is 0.891. The van der Waals surface area contributed by atoms with Crippen LogP contribution in [0.3, 0.4) is 0 Å². The number of hydrogen-bond acceptors (Lipinski definition) is 5. The number of anilines is 2. The zero-order valence-electron chi connectivity index (χ0n) is 20.7. The maximum Gasteiger partial charge on any atom is 0.323 e. The van der Waals surface area contributed by atoms with Gasteiger partial charge < -0.3 is 30.6 Å². The molecule has 1 aliphatic carbocycles. The summed E-state index contributed by atoms with van der Waals surface area (Å²) in [7, 11) is 0. The minimum absolute atomic E-state index is 0.0681.